The van der Waals surface area contributed by atoms with Gasteiger partial charge in [0.2, 0.25) is 0 Å². The molecule has 3 atom stereocenters. The van der Waals surface area contributed by atoms with E-state index in [0.29, 0.717) is 22.7 Å². The zero-order chi connectivity index (χ0) is 20.0. The molecule has 0 spiro atoms. The van der Waals surface area contributed by atoms with E-state index in [1.165, 1.54) is 25.7 Å². The SMILES string of the molecule is C[C@H](CC[C@H](COc1ccccc1N)[C@H](C)CC(C)(C)C)CC(C)(C)C. The van der Waals surface area contributed by atoms with Crippen LogP contribution in [0.4, 0.5) is 5.69 Å². The molecule has 2 nitrogen and oxygen atoms in total. The van der Waals surface area contributed by atoms with E-state index in [0.717, 1.165) is 24.0 Å². The molecule has 2 N–H and O–H groups in total. The molecule has 0 amide bonds. The molecular weight excluding hydrogens is 318 g/mol. The van der Waals surface area contributed by atoms with Gasteiger partial charge >= 0.3 is 0 Å². The van der Waals surface area contributed by atoms with Crippen molar-refractivity contribution in [3.63, 3.8) is 0 Å². The van der Waals surface area contributed by atoms with Crippen molar-refractivity contribution in [3.8, 4) is 5.75 Å². The summed E-state index contributed by atoms with van der Waals surface area (Å²) in [4.78, 5) is 0. The molecule has 1 rings (SSSR count). The number of anilines is 1. The first-order valence-corrected chi connectivity index (χ1v) is 10.3. The maximum absolute atomic E-state index is 6.14. The largest absolute Gasteiger partial charge is 0.491 e. The second-order valence-electron chi connectivity index (χ2n) is 10.8. The molecule has 1 aromatic carbocycles. The average molecular weight is 362 g/mol. The van der Waals surface area contributed by atoms with Gasteiger partial charge in [-0.2, -0.15) is 0 Å². The van der Waals surface area contributed by atoms with E-state index in [1.54, 1.807) is 0 Å². The van der Waals surface area contributed by atoms with Gasteiger partial charge in [0.05, 0.1) is 12.3 Å². The summed E-state index contributed by atoms with van der Waals surface area (Å²) in [6.07, 6.45) is 4.99. The van der Waals surface area contributed by atoms with Gasteiger partial charge in [-0.25, -0.2) is 0 Å². The number of hydrogen-bond acceptors (Lipinski definition) is 2. The Labute approximate surface area is 162 Å². The van der Waals surface area contributed by atoms with Crippen molar-refractivity contribution in [1.29, 1.82) is 0 Å². The van der Waals surface area contributed by atoms with Gasteiger partial charge in [-0.05, 0) is 60.0 Å². The zero-order valence-electron chi connectivity index (χ0n) is 18.6. The lowest BCUT2D eigenvalue weighted by atomic mass is 9.76. The fourth-order valence-electron chi connectivity index (χ4n) is 4.12. The lowest BCUT2D eigenvalue weighted by molar-refractivity contribution is 0.148. The fourth-order valence-corrected chi connectivity index (χ4v) is 4.12. The normalized spacial score (nSPS) is 16.2. The number of benzene rings is 1. The van der Waals surface area contributed by atoms with Crippen LogP contribution in [0.3, 0.4) is 0 Å². The number of nitrogen functional groups attached to an aromatic ring is 1. The minimum absolute atomic E-state index is 0.348. The molecule has 0 aliphatic carbocycles. The van der Waals surface area contributed by atoms with Crippen LogP contribution in [0.2, 0.25) is 0 Å². The monoisotopic (exact) mass is 361 g/mol. The summed E-state index contributed by atoms with van der Waals surface area (Å²) in [5.41, 5.74) is 7.53. The summed E-state index contributed by atoms with van der Waals surface area (Å²) in [5.74, 6) is 2.78. The van der Waals surface area contributed by atoms with Gasteiger partial charge in [-0.3, -0.25) is 0 Å². The van der Waals surface area contributed by atoms with Crippen LogP contribution >= 0.6 is 0 Å². The molecule has 1 aromatic rings. The van der Waals surface area contributed by atoms with Gasteiger partial charge in [-0.15, -0.1) is 0 Å². The molecule has 0 saturated heterocycles. The Kier molecular flexibility index (Phi) is 8.50. The van der Waals surface area contributed by atoms with Crippen molar-refractivity contribution in [1.82, 2.24) is 0 Å². The molecule has 0 aromatic heterocycles. The second kappa shape index (κ2) is 9.67. The summed E-state index contributed by atoms with van der Waals surface area (Å²) in [6.45, 7) is 19.6. The molecular formula is C24H43NO. The smallest absolute Gasteiger partial charge is 0.142 e. The molecule has 0 heterocycles. The summed E-state index contributed by atoms with van der Waals surface area (Å²) in [7, 11) is 0. The van der Waals surface area contributed by atoms with Crippen molar-refractivity contribution in [2.75, 3.05) is 12.3 Å². The predicted octanol–water partition coefficient (Wildman–Crippen LogP) is 7.19. The van der Waals surface area contributed by atoms with Crippen molar-refractivity contribution in [2.45, 2.75) is 81.1 Å². The maximum Gasteiger partial charge on any atom is 0.142 e. The molecule has 0 aliphatic rings. The van der Waals surface area contributed by atoms with Crippen LogP contribution in [0.1, 0.15) is 81.1 Å². The first-order chi connectivity index (χ1) is 11.9. The first kappa shape index (κ1) is 22.9. The number of rotatable bonds is 9. The van der Waals surface area contributed by atoms with Gasteiger partial charge < -0.3 is 10.5 Å². The lowest BCUT2D eigenvalue weighted by Gasteiger charge is -2.31. The van der Waals surface area contributed by atoms with Gasteiger partial charge in [0, 0.05) is 0 Å². The average Bonchev–Trinajstić information content (AvgIpc) is 2.45. The highest BCUT2D eigenvalue weighted by Crippen LogP contribution is 2.34. The third-order valence-electron chi connectivity index (χ3n) is 5.10. The van der Waals surface area contributed by atoms with E-state index in [1.807, 2.05) is 24.3 Å². The topological polar surface area (TPSA) is 35.2 Å². The molecule has 0 bridgehead atoms. The van der Waals surface area contributed by atoms with E-state index in [2.05, 4.69) is 55.4 Å². The number of para-hydroxylation sites is 2. The summed E-state index contributed by atoms with van der Waals surface area (Å²) in [5, 5.41) is 0. The van der Waals surface area contributed by atoms with E-state index in [9.17, 15) is 0 Å². The number of ether oxygens (including phenoxy) is 1. The van der Waals surface area contributed by atoms with Crippen LogP contribution in [0.5, 0.6) is 5.75 Å². The Morgan fingerprint density at radius 1 is 0.885 bits per heavy atom. The van der Waals surface area contributed by atoms with E-state index >= 15 is 0 Å². The third-order valence-corrected chi connectivity index (χ3v) is 5.10. The molecule has 2 heteroatoms. The third kappa shape index (κ3) is 9.50. The minimum atomic E-state index is 0.348. The highest BCUT2D eigenvalue weighted by atomic mass is 16.5. The summed E-state index contributed by atoms with van der Waals surface area (Å²) >= 11 is 0. The Bertz CT molecular complexity index is 524. The number of nitrogens with two attached hydrogens (primary N) is 1. The first-order valence-electron chi connectivity index (χ1n) is 10.3. The summed E-state index contributed by atoms with van der Waals surface area (Å²) < 4.78 is 6.14. The van der Waals surface area contributed by atoms with Gasteiger partial charge in [-0.1, -0.05) is 73.9 Å². The van der Waals surface area contributed by atoms with Crippen LogP contribution in [0.15, 0.2) is 24.3 Å². The van der Waals surface area contributed by atoms with Crippen molar-refractivity contribution < 1.29 is 4.74 Å². The van der Waals surface area contributed by atoms with Crippen LogP contribution in [-0.4, -0.2) is 6.61 Å². The van der Waals surface area contributed by atoms with Crippen molar-refractivity contribution in [2.24, 2.45) is 28.6 Å². The lowest BCUT2D eigenvalue weighted by Crippen LogP contribution is -2.25. The molecule has 0 aliphatic heterocycles. The van der Waals surface area contributed by atoms with E-state index in [-0.39, 0.29) is 0 Å². The van der Waals surface area contributed by atoms with Crippen molar-refractivity contribution in [3.05, 3.63) is 24.3 Å². The molecule has 0 fully saturated rings. The summed E-state index contributed by atoms with van der Waals surface area (Å²) in [6, 6.07) is 7.83. The molecule has 0 radical (unpaired) electrons. The minimum Gasteiger partial charge on any atom is -0.491 e. The molecule has 0 unspecified atom stereocenters. The molecule has 150 valence electrons. The second-order valence-corrected chi connectivity index (χ2v) is 10.8. The van der Waals surface area contributed by atoms with Crippen LogP contribution in [-0.2, 0) is 0 Å². The Morgan fingerprint density at radius 3 is 2.00 bits per heavy atom. The molecule has 0 saturated carbocycles. The zero-order valence-corrected chi connectivity index (χ0v) is 18.6. The molecule has 26 heavy (non-hydrogen) atoms. The quantitative estimate of drug-likeness (QED) is 0.472. The van der Waals surface area contributed by atoms with Gasteiger partial charge in [0.25, 0.3) is 0 Å². The maximum atomic E-state index is 6.14. The van der Waals surface area contributed by atoms with Crippen LogP contribution in [0.25, 0.3) is 0 Å². The standard InChI is InChI=1S/C24H43NO/c1-18(15-23(3,4)5)13-14-20(19(2)16-24(6,7)8)17-26-22-12-10-9-11-21(22)25/h9-12,18-20H,13-17,25H2,1-8H3/t18-,19-,20-/m1/s1. The Hall–Kier alpha value is -1.18. The number of hydrogen-bond donors (Lipinski definition) is 1. The van der Waals surface area contributed by atoms with Gasteiger partial charge in [0.15, 0.2) is 0 Å². The van der Waals surface area contributed by atoms with E-state index < -0.39 is 0 Å². The fraction of sp³-hybridized carbons (Fsp3) is 0.750. The van der Waals surface area contributed by atoms with Crippen LogP contribution in [0, 0.1) is 28.6 Å². The highest BCUT2D eigenvalue weighted by molar-refractivity contribution is 5.51. The Morgan fingerprint density at radius 2 is 1.46 bits per heavy atom. The van der Waals surface area contributed by atoms with E-state index in [4.69, 9.17) is 10.5 Å². The predicted molar refractivity (Wildman–Crippen MR) is 116 cm³/mol. The Balaban J connectivity index is 2.70. The van der Waals surface area contributed by atoms with Crippen molar-refractivity contribution >= 4 is 5.69 Å². The highest BCUT2D eigenvalue weighted by Gasteiger charge is 2.25. The van der Waals surface area contributed by atoms with Crippen LogP contribution < -0.4 is 10.5 Å². The van der Waals surface area contributed by atoms with Gasteiger partial charge in [0.1, 0.15) is 5.75 Å².